The van der Waals surface area contributed by atoms with Crippen LogP contribution in [0.1, 0.15) is 20.3 Å². The van der Waals surface area contributed by atoms with E-state index in [0.717, 1.165) is 0 Å². The van der Waals surface area contributed by atoms with Crippen LogP contribution in [-0.2, 0) is 9.63 Å². The number of hydrogen-bond donors (Lipinski definition) is 1. The number of ether oxygens (including phenoxy) is 1. The Hall–Kier alpha value is -1.47. The molecule has 1 rings (SSSR count). The molecule has 4 nitrogen and oxygen atoms in total. The molecule has 124 valence electrons. The number of hydrogen-bond acceptors (Lipinski definition) is 3. The molecule has 2 unspecified atom stereocenters. The van der Waals surface area contributed by atoms with E-state index < -0.39 is 30.5 Å². The van der Waals surface area contributed by atoms with Crippen molar-refractivity contribution in [3.8, 4) is 5.75 Å². The lowest BCUT2D eigenvalue weighted by atomic mass is 10.1. The van der Waals surface area contributed by atoms with Crippen LogP contribution in [0.4, 0.5) is 13.2 Å². The Morgan fingerprint density at radius 2 is 1.86 bits per heavy atom. The van der Waals surface area contributed by atoms with Crippen LogP contribution in [0.15, 0.2) is 24.3 Å². The van der Waals surface area contributed by atoms with Crippen LogP contribution in [0.3, 0.4) is 0 Å². The molecule has 0 aromatic heterocycles. The van der Waals surface area contributed by atoms with Gasteiger partial charge in [-0.2, -0.15) is 13.2 Å². The quantitative estimate of drug-likeness (QED) is 0.770. The lowest BCUT2D eigenvalue weighted by Gasteiger charge is -2.17. The largest absolute Gasteiger partial charge is 0.481 e. The zero-order valence-electron chi connectivity index (χ0n) is 12.1. The lowest BCUT2D eigenvalue weighted by Crippen LogP contribution is -2.37. The Morgan fingerprint density at radius 1 is 1.27 bits per heavy atom. The molecule has 0 fully saturated rings. The molecule has 2 atom stereocenters. The van der Waals surface area contributed by atoms with Crippen molar-refractivity contribution in [2.24, 2.45) is 5.92 Å². The first kappa shape index (κ1) is 18.6. The van der Waals surface area contributed by atoms with E-state index in [1.54, 1.807) is 24.3 Å². The van der Waals surface area contributed by atoms with Crippen molar-refractivity contribution in [2.75, 3.05) is 6.61 Å². The zero-order valence-corrected chi connectivity index (χ0v) is 12.9. The van der Waals surface area contributed by atoms with Gasteiger partial charge in [0.2, 0.25) is 0 Å². The van der Waals surface area contributed by atoms with Crippen LogP contribution in [-0.4, -0.2) is 24.8 Å². The maximum absolute atomic E-state index is 12.1. The van der Waals surface area contributed by atoms with E-state index in [1.807, 2.05) is 0 Å². The summed E-state index contributed by atoms with van der Waals surface area (Å²) in [7, 11) is 0. The second kappa shape index (κ2) is 8.24. The molecule has 0 aliphatic carbocycles. The molecule has 1 aromatic carbocycles. The van der Waals surface area contributed by atoms with Crippen molar-refractivity contribution in [1.82, 2.24) is 5.48 Å². The Morgan fingerprint density at radius 3 is 2.41 bits per heavy atom. The number of nitrogens with one attached hydrogen (secondary N) is 1. The van der Waals surface area contributed by atoms with E-state index >= 15 is 0 Å². The summed E-state index contributed by atoms with van der Waals surface area (Å²) in [5.41, 5.74) is 2.07. The number of halogens is 4. The van der Waals surface area contributed by atoms with Crippen LogP contribution >= 0.6 is 11.6 Å². The summed E-state index contributed by atoms with van der Waals surface area (Å²) in [4.78, 5) is 16.5. The van der Waals surface area contributed by atoms with Gasteiger partial charge in [0.1, 0.15) is 5.75 Å². The third kappa shape index (κ3) is 7.51. The van der Waals surface area contributed by atoms with Crippen molar-refractivity contribution in [2.45, 2.75) is 32.5 Å². The van der Waals surface area contributed by atoms with E-state index in [9.17, 15) is 18.0 Å². The molecule has 0 saturated carbocycles. The molecular weight excluding hydrogens is 323 g/mol. The van der Waals surface area contributed by atoms with Crippen molar-refractivity contribution in [1.29, 1.82) is 0 Å². The second-order valence-corrected chi connectivity index (χ2v) is 5.35. The molecule has 0 aliphatic heterocycles. The van der Waals surface area contributed by atoms with Gasteiger partial charge in [-0.25, -0.2) is 5.48 Å². The van der Waals surface area contributed by atoms with Crippen molar-refractivity contribution < 1.29 is 27.5 Å². The van der Waals surface area contributed by atoms with Gasteiger partial charge >= 0.3 is 6.18 Å². The highest BCUT2D eigenvalue weighted by molar-refractivity contribution is 6.30. The van der Waals surface area contributed by atoms with Gasteiger partial charge in [0.25, 0.3) is 5.91 Å². The number of carbonyl (C=O) groups excluding carboxylic acids is 1. The monoisotopic (exact) mass is 339 g/mol. The van der Waals surface area contributed by atoms with Gasteiger partial charge in [0, 0.05) is 11.4 Å². The summed E-state index contributed by atoms with van der Waals surface area (Å²) in [6.45, 7) is 2.64. The first-order chi connectivity index (χ1) is 10.2. The molecule has 22 heavy (non-hydrogen) atoms. The smallest absolute Gasteiger partial charge is 0.389 e. The van der Waals surface area contributed by atoms with Crippen molar-refractivity contribution >= 4 is 17.5 Å². The second-order valence-electron chi connectivity index (χ2n) is 4.92. The van der Waals surface area contributed by atoms with Gasteiger partial charge in [-0.15, -0.1) is 0 Å². The number of carbonyl (C=O) groups is 1. The molecule has 0 heterocycles. The molecule has 0 aliphatic rings. The van der Waals surface area contributed by atoms with Crippen LogP contribution in [0.5, 0.6) is 5.75 Å². The van der Waals surface area contributed by atoms with Gasteiger partial charge in [-0.05, 0) is 37.1 Å². The summed E-state index contributed by atoms with van der Waals surface area (Å²) in [6.07, 6.45) is -6.09. The molecule has 1 aromatic rings. The minimum atomic E-state index is -4.25. The van der Waals surface area contributed by atoms with Crippen LogP contribution in [0.25, 0.3) is 0 Å². The van der Waals surface area contributed by atoms with E-state index in [-0.39, 0.29) is 6.61 Å². The zero-order chi connectivity index (χ0) is 16.8. The summed E-state index contributed by atoms with van der Waals surface area (Å²) in [5.74, 6) is -0.903. The standard InChI is InChI=1S/C14H17ClF3NO3/c1-9(7-14(16,17)18)8-21-19-13(20)10(2)22-12-5-3-11(15)4-6-12/h3-6,9-10H,7-8H2,1-2H3,(H,19,20). The van der Waals surface area contributed by atoms with Crippen molar-refractivity contribution in [3.05, 3.63) is 29.3 Å². The highest BCUT2D eigenvalue weighted by Crippen LogP contribution is 2.24. The summed E-state index contributed by atoms with van der Waals surface area (Å²) < 4.78 is 41.7. The van der Waals surface area contributed by atoms with E-state index in [4.69, 9.17) is 21.2 Å². The average molecular weight is 340 g/mol. The highest BCUT2D eigenvalue weighted by atomic mass is 35.5. The van der Waals surface area contributed by atoms with Crippen LogP contribution in [0, 0.1) is 5.92 Å². The number of benzene rings is 1. The molecule has 0 saturated heterocycles. The SMILES string of the molecule is CC(CONC(=O)C(C)Oc1ccc(Cl)cc1)CC(F)(F)F. The Labute approximate surface area is 131 Å². The fraction of sp³-hybridized carbons (Fsp3) is 0.500. The predicted molar refractivity (Wildman–Crippen MR) is 75.5 cm³/mol. The fourth-order valence-electron chi connectivity index (χ4n) is 1.56. The summed E-state index contributed by atoms with van der Waals surface area (Å²) >= 11 is 5.72. The number of alkyl halides is 3. The van der Waals surface area contributed by atoms with E-state index in [0.29, 0.717) is 10.8 Å². The average Bonchev–Trinajstić information content (AvgIpc) is 2.39. The van der Waals surface area contributed by atoms with E-state index in [1.165, 1.54) is 13.8 Å². The predicted octanol–water partition coefficient (Wildman–Crippen LogP) is 3.74. The molecule has 1 N–H and O–H groups in total. The minimum absolute atomic E-state index is 0.237. The fourth-order valence-corrected chi connectivity index (χ4v) is 1.69. The van der Waals surface area contributed by atoms with Gasteiger partial charge in [0.15, 0.2) is 6.10 Å². The summed E-state index contributed by atoms with van der Waals surface area (Å²) in [5, 5.41) is 0.534. The maximum atomic E-state index is 12.1. The Balaban J connectivity index is 2.31. The Kier molecular flexibility index (Phi) is 6.96. The van der Waals surface area contributed by atoms with Crippen LogP contribution < -0.4 is 10.2 Å². The van der Waals surface area contributed by atoms with Gasteiger partial charge in [0.05, 0.1) is 6.61 Å². The number of amides is 1. The normalized spacial score (nSPS) is 14.3. The number of hydroxylamine groups is 1. The molecule has 0 bridgehead atoms. The molecular formula is C14H17ClF3NO3. The first-order valence-electron chi connectivity index (χ1n) is 6.58. The lowest BCUT2D eigenvalue weighted by molar-refractivity contribution is -0.154. The topological polar surface area (TPSA) is 47.6 Å². The highest BCUT2D eigenvalue weighted by Gasteiger charge is 2.30. The van der Waals surface area contributed by atoms with E-state index in [2.05, 4.69) is 5.48 Å². The molecule has 1 amide bonds. The molecule has 8 heteroatoms. The van der Waals surface area contributed by atoms with Gasteiger partial charge < -0.3 is 4.74 Å². The maximum Gasteiger partial charge on any atom is 0.389 e. The number of rotatable bonds is 7. The summed E-state index contributed by atoms with van der Waals surface area (Å²) in [6, 6.07) is 6.41. The van der Waals surface area contributed by atoms with Gasteiger partial charge in [-0.3, -0.25) is 9.63 Å². The van der Waals surface area contributed by atoms with Crippen LogP contribution in [0.2, 0.25) is 5.02 Å². The molecule has 0 spiro atoms. The van der Waals surface area contributed by atoms with Gasteiger partial charge in [-0.1, -0.05) is 18.5 Å². The third-order valence-corrected chi connectivity index (χ3v) is 2.87. The minimum Gasteiger partial charge on any atom is -0.481 e. The third-order valence-electron chi connectivity index (χ3n) is 2.62. The van der Waals surface area contributed by atoms with Crippen molar-refractivity contribution in [3.63, 3.8) is 0 Å². The Bertz CT molecular complexity index is 479. The first-order valence-corrected chi connectivity index (χ1v) is 6.96. The molecule has 0 radical (unpaired) electrons.